The number of halogens is 1. The number of furan rings is 1. The van der Waals surface area contributed by atoms with Gasteiger partial charge in [-0.3, -0.25) is 9.59 Å². The number of benzene rings is 1. The van der Waals surface area contributed by atoms with Gasteiger partial charge in [0.2, 0.25) is 5.78 Å². The Hall–Kier alpha value is -2.27. The molecule has 19 heavy (non-hydrogen) atoms. The molecule has 0 radical (unpaired) electrons. The lowest BCUT2D eigenvalue weighted by Crippen LogP contribution is -2.19. The molecular weight excluding hydrogens is 251 g/mol. The minimum atomic E-state index is -0.925. The van der Waals surface area contributed by atoms with E-state index in [1.165, 1.54) is 19.1 Å². The third kappa shape index (κ3) is 1.62. The van der Waals surface area contributed by atoms with Crippen molar-refractivity contribution in [2.45, 2.75) is 13.0 Å². The minimum Gasteiger partial charge on any atom is -0.454 e. The summed E-state index contributed by atoms with van der Waals surface area (Å²) in [5.74, 6) is -1.54. The summed E-state index contributed by atoms with van der Waals surface area (Å²) >= 11 is 0. The number of carbonyl (C=O) groups excluding carboxylic acids is 2. The molecular formula is C14H9FO4. The van der Waals surface area contributed by atoms with E-state index in [1.807, 2.05) is 0 Å². The molecule has 4 nitrogen and oxygen atoms in total. The molecule has 1 aromatic heterocycles. The Morgan fingerprint density at radius 1 is 1.11 bits per heavy atom. The Balaban J connectivity index is 2.24. The topological polar surface area (TPSA) is 67.5 Å². The van der Waals surface area contributed by atoms with Crippen LogP contribution >= 0.6 is 0 Å². The lowest BCUT2D eigenvalue weighted by molar-refractivity contribution is 0.0953. The minimum absolute atomic E-state index is 0.0102. The van der Waals surface area contributed by atoms with Gasteiger partial charge >= 0.3 is 0 Å². The molecule has 0 fully saturated rings. The monoisotopic (exact) mass is 260 g/mol. The molecule has 2 aromatic rings. The molecule has 1 N–H and O–H groups in total. The summed E-state index contributed by atoms with van der Waals surface area (Å²) in [4.78, 5) is 24.3. The predicted molar refractivity (Wildman–Crippen MR) is 62.6 cm³/mol. The number of hydrogen-bond acceptors (Lipinski definition) is 4. The lowest BCUT2D eigenvalue weighted by atomic mass is 9.88. The first-order valence-corrected chi connectivity index (χ1v) is 5.70. The Bertz CT molecular complexity index is 712. The maximum atomic E-state index is 13.2. The van der Waals surface area contributed by atoms with Crippen LogP contribution in [0.1, 0.15) is 50.8 Å². The van der Waals surface area contributed by atoms with Crippen molar-refractivity contribution in [3.8, 4) is 0 Å². The Kier molecular flexibility index (Phi) is 2.40. The first-order valence-electron chi connectivity index (χ1n) is 5.70. The Labute approximate surface area is 107 Å². The molecule has 1 aromatic carbocycles. The van der Waals surface area contributed by atoms with Gasteiger partial charge in [0.25, 0.3) is 0 Å². The quantitative estimate of drug-likeness (QED) is 0.728. The van der Waals surface area contributed by atoms with Crippen molar-refractivity contribution in [1.82, 2.24) is 0 Å². The van der Waals surface area contributed by atoms with Crippen molar-refractivity contribution in [2.24, 2.45) is 0 Å². The van der Waals surface area contributed by atoms with Crippen molar-refractivity contribution in [3.05, 3.63) is 58.3 Å². The van der Waals surface area contributed by atoms with Gasteiger partial charge in [-0.05, 0) is 31.2 Å². The van der Waals surface area contributed by atoms with Crippen LogP contribution in [0.2, 0.25) is 0 Å². The van der Waals surface area contributed by atoms with E-state index in [4.69, 9.17) is 4.42 Å². The van der Waals surface area contributed by atoms with Crippen LogP contribution in [-0.2, 0) is 0 Å². The highest BCUT2D eigenvalue weighted by atomic mass is 19.1. The molecule has 0 aliphatic heterocycles. The second-order valence-corrected chi connectivity index (χ2v) is 4.42. The number of aliphatic hydroxyl groups excluding tert-OH is 1. The van der Waals surface area contributed by atoms with Crippen molar-refractivity contribution in [3.63, 3.8) is 0 Å². The largest absolute Gasteiger partial charge is 0.454 e. The molecule has 1 aliphatic carbocycles. The highest BCUT2D eigenvalue weighted by molar-refractivity contribution is 6.27. The lowest BCUT2D eigenvalue weighted by Gasteiger charge is -2.12. The van der Waals surface area contributed by atoms with Gasteiger partial charge in [0, 0.05) is 11.1 Å². The van der Waals surface area contributed by atoms with Gasteiger partial charge in [-0.25, -0.2) is 4.39 Å². The standard InChI is InChI=1S/C14H9FO4/c1-6(16)11-5-10-12(17)8-3-2-7(15)4-9(8)13(18)14(10)19-11/h2-6,16H,1H3. The number of aliphatic hydroxyl groups is 1. The van der Waals surface area contributed by atoms with Gasteiger partial charge in [0.1, 0.15) is 17.7 Å². The molecule has 1 heterocycles. The molecule has 0 saturated carbocycles. The zero-order valence-electron chi connectivity index (χ0n) is 9.94. The van der Waals surface area contributed by atoms with Gasteiger partial charge in [0.15, 0.2) is 11.5 Å². The van der Waals surface area contributed by atoms with E-state index in [2.05, 4.69) is 0 Å². The van der Waals surface area contributed by atoms with Crippen LogP contribution in [0.15, 0.2) is 28.7 Å². The van der Waals surface area contributed by atoms with Crippen LogP contribution in [0.4, 0.5) is 4.39 Å². The van der Waals surface area contributed by atoms with E-state index in [-0.39, 0.29) is 28.2 Å². The number of hydrogen-bond donors (Lipinski definition) is 1. The summed E-state index contributed by atoms with van der Waals surface area (Å²) in [5.41, 5.74) is 0.251. The summed E-state index contributed by atoms with van der Waals surface area (Å²) in [5, 5.41) is 9.43. The van der Waals surface area contributed by atoms with Gasteiger partial charge in [-0.2, -0.15) is 0 Å². The van der Waals surface area contributed by atoms with E-state index < -0.39 is 23.5 Å². The third-order valence-electron chi connectivity index (χ3n) is 3.08. The van der Waals surface area contributed by atoms with Crippen molar-refractivity contribution < 1.29 is 23.5 Å². The molecule has 1 unspecified atom stereocenters. The van der Waals surface area contributed by atoms with Crippen LogP contribution in [-0.4, -0.2) is 16.7 Å². The second kappa shape index (κ2) is 3.86. The molecule has 0 saturated heterocycles. The summed E-state index contributed by atoms with van der Waals surface area (Å²) in [6.45, 7) is 1.46. The zero-order chi connectivity index (χ0) is 13.7. The number of ketones is 2. The first-order chi connectivity index (χ1) is 8.99. The SMILES string of the molecule is CC(O)c1cc2c(o1)C(=O)c1cc(F)ccc1C2=O. The number of rotatable bonds is 1. The van der Waals surface area contributed by atoms with Crippen LogP contribution in [0, 0.1) is 5.82 Å². The van der Waals surface area contributed by atoms with Crippen LogP contribution in [0.3, 0.4) is 0 Å². The Morgan fingerprint density at radius 3 is 2.53 bits per heavy atom. The van der Waals surface area contributed by atoms with Gasteiger partial charge in [-0.1, -0.05) is 0 Å². The highest BCUT2D eigenvalue weighted by Crippen LogP contribution is 2.31. The summed E-state index contributed by atoms with van der Waals surface area (Å²) in [6.07, 6.45) is -0.925. The average Bonchev–Trinajstić information content (AvgIpc) is 2.81. The second-order valence-electron chi connectivity index (χ2n) is 4.42. The normalized spacial score (nSPS) is 15.1. The summed E-state index contributed by atoms with van der Waals surface area (Å²) in [7, 11) is 0. The molecule has 0 bridgehead atoms. The fourth-order valence-corrected chi connectivity index (χ4v) is 2.12. The molecule has 96 valence electrons. The zero-order valence-corrected chi connectivity index (χ0v) is 9.94. The van der Waals surface area contributed by atoms with Gasteiger partial charge in [-0.15, -0.1) is 0 Å². The fourth-order valence-electron chi connectivity index (χ4n) is 2.12. The maximum Gasteiger partial charge on any atom is 0.229 e. The fraction of sp³-hybridized carbons (Fsp3) is 0.143. The highest BCUT2D eigenvalue weighted by Gasteiger charge is 2.34. The van der Waals surface area contributed by atoms with Crippen molar-refractivity contribution in [1.29, 1.82) is 0 Å². The van der Waals surface area contributed by atoms with Crippen molar-refractivity contribution in [2.75, 3.05) is 0 Å². The molecule has 3 rings (SSSR count). The van der Waals surface area contributed by atoms with Gasteiger partial charge in [0.05, 0.1) is 5.56 Å². The maximum absolute atomic E-state index is 13.2. The summed E-state index contributed by atoms with van der Waals surface area (Å²) < 4.78 is 18.4. The smallest absolute Gasteiger partial charge is 0.229 e. The molecule has 1 aliphatic rings. The van der Waals surface area contributed by atoms with Gasteiger partial charge < -0.3 is 9.52 Å². The molecule has 0 spiro atoms. The predicted octanol–water partition coefficient (Wildman–Crippen LogP) is 2.25. The molecule has 5 heteroatoms. The average molecular weight is 260 g/mol. The van der Waals surface area contributed by atoms with E-state index in [9.17, 15) is 19.1 Å². The first kappa shape index (κ1) is 11.8. The number of fused-ring (bicyclic) bond motifs is 2. The molecule has 0 amide bonds. The number of carbonyl (C=O) groups is 2. The Morgan fingerprint density at radius 2 is 1.84 bits per heavy atom. The third-order valence-corrected chi connectivity index (χ3v) is 3.08. The molecule has 1 atom stereocenters. The van der Waals surface area contributed by atoms with Crippen LogP contribution in [0.5, 0.6) is 0 Å². The van der Waals surface area contributed by atoms with E-state index >= 15 is 0 Å². The summed E-state index contributed by atoms with van der Waals surface area (Å²) in [6, 6.07) is 4.78. The van der Waals surface area contributed by atoms with E-state index in [0.717, 1.165) is 12.1 Å². The van der Waals surface area contributed by atoms with Crippen LogP contribution < -0.4 is 0 Å². The van der Waals surface area contributed by atoms with Crippen molar-refractivity contribution >= 4 is 11.6 Å². The van der Waals surface area contributed by atoms with E-state index in [0.29, 0.717) is 0 Å². The van der Waals surface area contributed by atoms with E-state index in [1.54, 1.807) is 0 Å². The van der Waals surface area contributed by atoms with Crippen LogP contribution in [0.25, 0.3) is 0 Å².